The fraction of sp³-hybridized carbons (Fsp3) is 0.650. The zero-order valence-electron chi connectivity index (χ0n) is 15.6. The Hall–Kier alpha value is -1.44. The number of carbonyl (C=O) groups excluding carboxylic acids is 1. The van der Waals surface area contributed by atoms with E-state index in [1.54, 1.807) is 28.6 Å². The van der Waals surface area contributed by atoms with Crippen LogP contribution in [0.5, 0.6) is 0 Å². The maximum absolute atomic E-state index is 13.0. The Balaban J connectivity index is 1.45. The minimum atomic E-state index is -3.45. The first-order chi connectivity index (χ1) is 13.1. The Morgan fingerprint density at radius 3 is 2.11 bits per heavy atom. The predicted octanol–water partition coefficient (Wildman–Crippen LogP) is 2.26. The van der Waals surface area contributed by atoms with Crippen LogP contribution < -0.4 is 0 Å². The summed E-state index contributed by atoms with van der Waals surface area (Å²) in [6.07, 6.45) is 5.20. The van der Waals surface area contributed by atoms with E-state index in [9.17, 15) is 13.2 Å². The summed E-state index contributed by atoms with van der Waals surface area (Å²) in [5.41, 5.74) is 0. The molecule has 3 aliphatic rings. The summed E-state index contributed by atoms with van der Waals surface area (Å²) in [5, 5.41) is 0. The van der Waals surface area contributed by atoms with Crippen molar-refractivity contribution >= 4 is 15.9 Å². The highest BCUT2D eigenvalue weighted by Crippen LogP contribution is 2.35. The first-order valence-corrected chi connectivity index (χ1v) is 11.5. The lowest BCUT2D eigenvalue weighted by Gasteiger charge is -2.43. The molecule has 0 bridgehead atoms. The standard InChI is InChI=1S/C20H28N2O4S/c23-20(16-6-7-16)22(18-10-14-26-15-11-18)17-8-12-21(13-9-17)27(24,25)19-4-2-1-3-5-19/h1-5,16-18H,6-15H2. The number of piperidine rings is 1. The smallest absolute Gasteiger partial charge is 0.243 e. The molecule has 0 aromatic heterocycles. The zero-order chi connectivity index (χ0) is 18.9. The number of ether oxygens (including phenoxy) is 1. The van der Waals surface area contributed by atoms with Crippen LogP contribution in [-0.2, 0) is 19.6 Å². The van der Waals surface area contributed by atoms with Crippen LogP contribution in [0.1, 0.15) is 38.5 Å². The van der Waals surface area contributed by atoms with Gasteiger partial charge < -0.3 is 9.64 Å². The lowest BCUT2D eigenvalue weighted by atomic mass is 9.98. The molecule has 3 fully saturated rings. The van der Waals surface area contributed by atoms with Crippen molar-refractivity contribution in [3.63, 3.8) is 0 Å². The fourth-order valence-electron chi connectivity index (χ4n) is 4.26. The zero-order valence-corrected chi connectivity index (χ0v) is 16.4. The molecule has 0 N–H and O–H groups in total. The van der Waals surface area contributed by atoms with E-state index < -0.39 is 10.0 Å². The first kappa shape index (κ1) is 18.9. The number of amides is 1. The van der Waals surface area contributed by atoms with E-state index in [0.717, 1.165) is 25.7 Å². The first-order valence-electron chi connectivity index (χ1n) is 10.0. The van der Waals surface area contributed by atoms with Gasteiger partial charge in [0.2, 0.25) is 15.9 Å². The molecule has 1 aromatic carbocycles. The van der Waals surface area contributed by atoms with Gasteiger partial charge in [-0.25, -0.2) is 8.42 Å². The van der Waals surface area contributed by atoms with E-state index in [1.165, 1.54) is 0 Å². The molecule has 1 aliphatic carbocycles. The second kappa shape index (κ2) is 7.89. The van der Waals surface area contributed by atoms with E-state index in [-0.39, 0.29) is 23.9 Å². The van der Waals surface area contributed by atoms with Crippen molar-refractivity contribution in [1.29, 1.82) is 0 Å². The van der Waals surface area contributed by atoms with Gasteiger partial charge in [-0.15, -0.1) is 0 Å². The summed E-state index contributed by atoms with van der Waals surface area (Å²) in [6.45, 7) is 2.36. The highest BCUT2D eigenvalue weighted by molar-refractivity contribution is 7.89. The molecule has 27 heavy (non-hydrogen) atoms. The molecular formula is C20H28N2O4S. The van der Waals surface area contributed by atoms with Gasteiger partial charge in [-0.3, -0.25) is 4.79 Å². The molecule has 0 radical (unpaired) electrons. The number of rotatable bonds is 5. The molecule has 0 atom stereocenters. The minimum absolute atomic E-state index is 0.142. The van der Waals surface area contributed by atoms with Gasteiger partial charge in [0, 0.05) is 44.3 Å². The summed E-state index contributed by atoms with van der Waals surface area (Å²) in [6, 6.07) is 9.00. The van der Waals surface area contributed by atoms with E-state index in [4.69, 9.17) is 4.74 Å². The van der Waals surface area contributed by atoms with Gasteiger partial charge in [-0.2, -0.15) is 4.31 Å². The van der Waals surface area contributed by atoms with Crippen molar-refractivity contribution in [3.8, 4) is 0 Å². The molecule has 7 heteroatoms. The maximum atomic E-state index is 13.0. The van der Waals surface area contributed by atoms with Gasteiger partial charge in [0.15, 0.2) is 0 Å². The van der Waals surface area contributed by atoms with Crippen LogP contribution >= 0.6 is 0 Å². The molecule has 1 amide bonds. The third-order valence-electron chi connectivity index (χ3n) is 5.96. The lowest BCUT2D eigenvalue weighted by molar-refractivity contribution is -0.141. The average molecular weight is 393 g/mol. The van der Waals surface area contributed by atoms with Gasteiger partial charge in [-0.05, 0) is 50.7 Å². The molecule has 0 unspecified atom stereocenters. The average Bonchev–Trinajstić information content (AvgIpc) is 3.55. The van der Waals surface area contributed by atoms with E-state index in [2.05, 4.69) is 4.90 Å². The van der Waals surface area contributed by atoms with E-state index in [1.807, 2.05) is 6.07 Å². The molecule has 2 heterocycles. The second-order valence-electron chi connectivity index (χ2n) is 7.81. The Labute approximate surface area is 161 Å². The van der Waals surface area contributed by atoms with Crippen molar-refractivity contribution in [1.82, 2.24) is 9.21 Å². The molecular weight excluding hydrogens is 364 g/mol. The van der Waals surface area contributed by atoms with Crippen molar-refractivity contribution in [2.24, 2.45) is 5.92 Å². The van der Waals surface area contributed by atoms with E-state index in [0.29, 0.717) is 44.0 Å². The molecule has 0 spiro atoms. The Kier molecular flexibility index (Phi) is 5.53. The Bertz CT molecular complexity index is 749. The van der Waals surface area contributed by atoms with Crippen LogP contribution in [0.4, 0.5) is 0 Å². The van der Waals surface area contributed by atoms with Crippen molar-refractivity contribution < 1.29 is 17.9 Å². The molecule has 4 rings (SSSR count). The van der Waals surface area contributed by atoms with Crippen molar-refractivity contribution in [2.75, 3.05) is 26.3 Å². The summed E-state index contributed by atoms with van der Waals surface area (Å²) in [7, 11) is -3.45. The molecule has 1 saturated carbocycles. The van der Waals surface area contributed by atoms with Crippen molar-refractivity contribution in [2.45, 2.75) is 55.5 Å². The number of nitrogens with zero attached hydrogens (tertiary/aromatic N) is 2. The van der Waals surface area contributed by atoms with Gasteiger partial charge in [0.25, 0.3) is 0 Å². The molecule has 148 valence electrons. The Morgan fingerprint density at radius 1 is 0.926 bits per heavy atom. The summed E-state index contributed by atoms with van der Waals surface area (Å²) < 4.78 is 32.7. The van der Waals surface area contributed by atoms with Crippen LogP contribution in [0.3, 0.4) is 0 Å². The number of sulfonamides is 1. The third kappa shape index (κ3) is 4.05. The van der Waals surface area contributed by atoms with Crippen LogP contribution in [0.2, 0.25) is 0 Å². The lowest BCUT2D eigenvalue weighted by Crippen LogP contribution is -2.54. The molecule has 2 aliphatic heterocycles. The summed E-state index contributed by atoms with van der Waals surface area (Å²) >= 11 is 0. The van der Waals surface area contributed by atoms with Crippen LogP contribution in [0, 0.1) is 5.92 Å². The summed E-state index contributed by atoms with van der Waals surface area (Å²) in [4.78, 5) is 15.4. The SMILES string of the molecule is O=C(C1CC1)N(C1CCOCC1)C1CCN(S(=O)(=O)c2ccccc2)CC1. The van der Waals surface area contributed by atoms with Gasteiger partial charge in [0.1, 0.15) is 0 Å². The van der Waals surface area contributed by atoms with Crippen molar-refractivity contribution in [3.05, 3.63) is 30.3 Å². The van der Waals surface area contributed by atoms with Gasteiger partial charge in [-0.1, -0.05) is 18.2 Å². The van der Waals surface area contributed by atoms with Crippen LogP contribution in [-0.4, -0.2) is 61.9 Å². The molecule has 6 nitrogen and oxygen atoms in total. The fourth-order valence-corrected chi connectivity index (χ4v) is 5.76. The number of hydrogen-bond donors (Lipinski definition) is 0. The second-order valence-corrected chi connectivity index (χ2v) is 9.75. The van der Waals surface area contributed by atoms with Crippen LogP contribution in [0.25, 0.3) is 0 Å². The van der Waals surface area contributed by atoms with Gasteiger partial charge in [0.05, 0.1) is 4.90 Å². The highest BCUT2D eigenvalue weighted by Gasteiger charge is 2.41. The monoisotopic (exact) mass is 392 g/mol. The summed E-state index contributed by atoms with van der Waals surface area (Å²) in [5.74, 6) is 0.477. The maximum Gasteiger partial charge on any atom is 0.243 e. The molecule has 2 saturated heterocycles. The topological polar surface area (TPSA) is 66.9 Å². The number of benzene rings is 1. The largest absolute Gasteiger partial charge is 0.381 e. The molecule has 1 aromatic rings. The van der Waals surface area contributed by atoms with E-state index >= 15 is 0 Å². The Morgan fingerprint density at radius 2 is 1.52 bits per heavy atom. The van der Waals surface area contributed by atoms with Crippen LogP contribution in [0.15, 0.2) is 35.2 Å². The predicted molar refractivity (Wildman–Crippen MR) is 102 cm³/mol. The van der Waals surface area contributed by atoms with Gasteiger partial charge >= 0.3 is 0 Å². The highest BCUT2D eigenvalue weighted by atomic mass is 32.2. The third-order valence-corrected chi connectivity index (χ3v) is 7.88. The number of hydrogen-bond acceptors (Lipinski definition) is 4. The normalized spacial score (nSPS) is 23.3. The minimum Gasteiger partial charge on any atom is -0.381 e. The quantitative estimate of drug-likeness (QED) is 0.771. The number of carbonyl (C=O) groups is 1.